The average molecular weight is 256 g/mol. The molecule has 14 heavy (non-hydrogen) atoms. The van der Waals surface area contributed by atoms with Crippen LogP contribution in [0, 0.1) is 0 Å². The first-order chi connectivity index (χ1) is 6.33. The molecular formula is C9H21O2PS2. The van der Waals surface area contributed by atoms with Crippen LogP contribution in [0.2, 0.25) is 0 Å². The van der Waals surface area contributed by atoms with Crippen molar-refractivity contribution in [1.29, 1.82) is 0 Å². The largest absolute Gasteiger partial charge is 0.338 e. The second-order valence-corrected chi connectivity index (χ2v) is 8.93. The van der Waals surface area contributed by atoms with E-state index in [2.05, 4.69) is 19.2 Å². The third-order valence-electron chi connectivity index (χ3n) is 2.40. The molecular weight excluding hydrogens is 235 g/mol. The minimum Gasteiger partial charge on any atom is -0.338 e. The van der Waals surface area contributed by atoms with Crippen LogP contribution in [0.3, 0.4) is 0 Å². The maximum absolute atomic E-state index is 9.41. The molecule has 0 aliphatic carbocycles. The standard InChI is InChI=1S/C9H21O2PS2/c1-4-6-7-8-9(3,5-2)11-12(10,13)14/h4-8H2,1-3H3,(H2,10,13,14). The van der Waals surface area contributed by atoms with Crippen LogP contribution in [0.5, 0.6) is 0 Å². The summed E-state index contributed by atoms with van der Waals surface area (Å²) in [5, 5.41) is 0. The van der Waals surface area contributed by atoms with Gasteiger partial charge < -0.3 is 9.42 Å². The predicted octanol–water partition coefficient (Wildman–Crippen LogP) is 3.90. The van der Waals surface area contributed by atoms with E-state index in [9.17, 15) is 4.89 Å². The van der Waals surface area contributed by atoms with Crippen molar-refractivity contribution in [2.75, 3.05) is 0 Å². The second kappa shape index (κ2) is 6.49. The molecule has 2 unspecified atom stereocenters. The first kappa shape index (κ1) is 14.9. The van der Waals surface area contributed by atoms with Crippen molar-refractivity contribution in [2.24, 2.45) is 0 Å². The molecule has 86 valence electrons. The van der Waals surface area contributed by atoms with Crippen LogP contribution < -0.4 is 0 Å². The summed E-state index contributed by atoms with van der Waals surface area (Å²) < 4.78 is 5.47. The topological polar surface area (TPSA) is 29.5 Å². The molecule has 5 heteroatoms. The van der Waals surface area contributed by atoms with Gasteiger partial charge in [-0.3, -0.25) is 0 Å². The fourth-order valence-corrected chi connectivity index (χ4v) is 3.25. The van der Waals surface area contributed by atoms with Gasteiger partial charge in [-0.25, -0.2) is 0 Å². The molecule has 0 saturated carbocycles. The number of hydrogen-bond acceptors (Lipinski definition) is 2. The molecule has 2 nitrogen and oxygen atoms in total. The van der Waals surface area contributed by atoms with Gasteiger partial charge in [-0.1, -0.05) is 45.4 Å². The summed E-state index contributed by atoms with van der Waals surface area (Å²) in [4.78, 5) is 9.41. The van der Waals surface area contributed by atoms with Crippen LogP contribution in [-0.2, 0) is 16.3 Å². The van der Waals surface area contributed by atoms with Gasteiger partial charge in [0.1, 0.15) is 0 Å². The second-order valence-electron chi connectivity index (χ2n) is 3.84. The lowest BCUT2D eigenvalue weighted by molar-refractivity contribution is 0.0782. The van der Waals surface area contributed by atoms with Crippen molar-refractivity contribution in [3.8, 4) is 0 Å². The Hall–Kier alpha value is 0.920. The highest BCUT2D eigenvalue weighted by atomic mass is 32.9. The number of rotatable bonds is 7. The normalized spacial score (nSPS) is 20.1. The van der Waals surface area contributed by atoms with E-state index >= 15 is 0 Å². The summed E-state index contributed by atoms with van der Waals surface area (Å²) in [5.74, 6) is 0. The van der Waals surface area contributed by atoms with E-state index in [4.69, 9.17) is 16.3 Å². The Morgan fingerprint density at radius 3 is 2.36 bits per heavy atom. The predicted molar refractivity (Wildman–Crippen MR) is 69.4 cm³/mol. The van der Waals surface area contributed by atoms with Gasteiger partial charge in [-0.2, -0.15) is 0 Å². The Morgan fingerprint density at radius 1 is 1.43 bits per heavy atom. The average Bonchev–Trinajstić information content (AvgIpc) is 2.02. The summed E-state index contributed by atoms with van der Waals surface area (Å²) in [6.45, 7) is 6.21. The van der Waals surface area contributed by atoms with Gasteiger partial charge in [-0.15, -0.1) is 0 Å². The zero-order chi connectivity index (χ0) is 11.2. The van der Waals surface area contributed by atoms with E-state index in [1.807, 2.05) is 13.8 Å². The molecule has 2 atom stereocenters. The molecule has 0 aromatic carbocycles. The van der Waals surface area contributed by atoms with Crippen LogP contribution in [0.4, 0.5) is 0 Å². The molecule has 0 bridgehead atoms. The Kier molecular flexibility index (Phi) is 6.92. The highest BCUT2D eigenvalue weighted by Crippen LogP contribution is 2.52. The Balaban J connectivity index is 4.11. The monoisotopic (exact) mass is 256 g/mol. The first-order valence-corrected chi connectivity index (χ1v) is 8.92. The summed E-state index contributed by atoms with van der Waals surface area (Å²) >= 11 is 8.69. The highest BCUT2D eigenvalue weighted by Gasteiger charge is 2.27. The summed E-state index contributed by atoms with van der Waals surface area (Å²) in [6, 6.07) is 0. The molecule has 0 rings (SSSR count). The van der Waals surface area contributed by atoms with E-state index < -0.39 is 5.69 Å². The molecule has 0 amide bonds. The van der Waals surface area contributed by atoms with E-state index in [1.54, 1.807) is 0 Å². The zero-order valence-electron chi connectivity index (χ0n) is 9.19. The highest BCUT2D eigenvalue weighted by molar-refractivity contribution is 8.59. The molecule has 0 heterocycles. The van der Waals surface area contributed by atoms with Crippen molar-refractivity contribution >= 4 is 29.7 Å². The van der Waals surface area contributed by atoms with Crippen molar-refractivity contribution in [3.05, 3.63) is 0 Å². The minimum atomic E-state index is -2.82. The molecule has 0 spiro atoms. The molecule has 0 aromatic rings. The third-order valence-corrected chi connectivity index (χ3v) is 3.54. The van der Waals surface area contributed by atoms with Gasteiger partial charge in [0.2, 0.25) is 5.69 Å². The van der Waals surface area contributed by atoms with E-state index in [0.29, 0.717) is 0 Å². The van der Waals surface area contributed by atoms with Crippen molar-refractivity contribution in [2.45, 2.75) is 58.5 Å². The van der Waals surface area contributed by atoms with Crippen LogP contribution in [0.15, 0.2) is 0 Å². The van der Waals surface area contributed by atoms with Crippen LogP contribution in [0.25, 0.3) is 0 Å². The Labute approximate surface area is 97.8 Å². The van der Waals surface area contributed by atoms with Crippen LogP contribution >= 0.6 is 17.9 Å². The van der Waals surface area contributed by atoms with Crippen LogP contribution in [-0.4, -0.2) is 10.5 Å². The zero-order valence-corrected chi connectivity index (χ0v) is 11.8. The number of unbranched alkanes of at least 4 members (excludes halogenated alkanes) is 2. The molecule has 0 fully saturated rings. The molecule has 0 aliphatic rings. The molecule has 0 aliphatic heterocycles. The van der Waals surface area contributed by atoms with Crippen molar-refractivity contribution < 1.29 is 9.42 Å². The third kappa shape index (κ3) is 7.24. The minimum absolute atomic E-state index is 0.304. The van der Waals surface area contributed by atoms with Gasteiger partial charge in [0, 0.05) is 0 Å². The summed E-state index contributed by atoms with van der Waals surface area (Å²) in [6.07, 6.45) is 5.30. The SMILES string of the molecule is CCCCCC(C)(CC)OP(O)(=S)S. The quantitative estimate of drug-likeness (QED) is 0.411. The molecule has 0 saturated heterocycles. The van der Waals surface area contributed by atoms with E-state index in [0.717, 1.165) is 19.3 Å². The Bertz CT molecular complexity index is 205. The fourth-order valence-electron chi connectivity index (χ4n) is 1.32. The van der Waals surface area contributed by atoms with Crippen LogP contribution in [0.1, 0.15) is 52.9 Å². The number of thiol groups is 1. The fraction of sp³-hybridized carbons (Fsp3) is 1.00. The van der Waals surface area contributed by atoms with Gasteiger partial charge in [0.15, 0.2) is 0 Å². The van der Waals surface area contributed by atoms with Crippen molar-refractivity contribution in [3.63, 3.8) is 0 Å². The van der Waals surface area contributed by atoms with E-state index in [-0.39, 0.29) is 5.60 Å². The Morgan fingerprint density at radius 2 is 2.00 bits per heavy atom. The lowest BCUT2D eigenvalue weighted by Crippen LogP contribution is -2.25. The smallest absolute Gasteiger partial charge is 0.242 e. The number of hydrogen-bond donors (Lipinski definition) is 2. The van der Waals surface area contributed by atoms with Gasteiger partial charge in [0.25, 0.3) is 0 Å². The lowest BCUT2D eigenvalue weighted by Gasteiger charge is -2.30. The summed E-state index contributed by atoms with van der Waals surface area (Å²) in [7, 11) is 0. The van der Waals surface area contributed by atoms with Gasteiger partial charge >= 0.3 is 0 Å². The lowest BCUT2D eigenvalue weighted by atomic mass is 9.96. The van der Waals surface area contributed by atoms with E-state index in [1.165, 1.54) is 12.8 Å². The van der Waals surface area contributed by atoms with Gasteiger partial charge in [-0.05, 0) is 31.6 Å². The summed E-state index contributed by atoms with van der Waals surface area (Å²) in [5.41, 5.74) is -3.13. The molecule has 0 aromatic heterocycles. The van der Waals surface area contributed by atoms with Gasteiger partial charge in [0.05, 0.1) is 5.60 Å². The van der Waals surface area contributed by atoms with Crippen molar-refractivity contribution in [1.82, 2.24) is 0 Å². The molecule has 1 N–H and O–H groups in total. The molecule has 0 radical (unpaired) electrons. The maximum Gasteiger partial charge on any atom is 0.242 e. The maximum atomic E-state index is 9.41. The first-order valence-electron chi connectivity index (χ1n) is 5.09.